The van der Waals surface area contributed by atoms with Crippen LogP contribution in [-0.2, 0) is 4.74 Å². The lowest BCUT2D eigenvalue weighted by molar-refractivity contribution is -0.385. The van der Waals surface area contributed by atoms with Crippen molar-refractivity contribution in [1.29, 1.82) is 0 Å². The van der Waals surface area contributed by atoms with Crippen molar-refractivity contribution in [3.8, 4) is 5.75 Å². The van der Waals surface area contributed by atoms with Gasteiger partial charge in [-0.05, 0) is 0 Å². The molecular formula is C12H14Cl2N2O4. The summed E-state index contributed by atoms with van der Waals surface area (Å²) < 4.78 is 10.7. The predicted molar refractivity (Wildman–Crippen MR) is 75.9 cm³/mol. The zero-order valence-electron chi connectivity index (χ0n) is 10.7. The normalized spacial score (nSPS) is 16.1. The summed E-state index contributed by atoms with van der Waals surface area (Å²) in [5, 5.41) is 11.3. The van der Waals surface area contributed by atoms with Gasteiger partial charge in [0, 0.05) is 31.8 Å². The van der Waals surface area contributed by atoms with Crippen molar-refractivity contribution in [1.82, 2.24) is 4.90 Å². The van der Waals surface area contributed by atoms with Crippen LogP contribution >= 0.6 is 23.2 Å². The summed E-state index contributed by atoms with van der Waals surface area (Å²) in [4.78, 5) is 12.6. The molecule has 0 aromatic heterocycles. The van der Waals surface area contributed by atoms with Crippen LogP contribution in [0.25, 0.3) is 0 Å². The molecule has 0 aliphatic carbocycles. The fraction of sp³-hybridized carbons (Fsp3) is 0.500. The first-order valence-corrected chi connectivity index (χ1v) is 6.90. The van der Waals surface area contributed by atoms with E-state index in [0.717, 1.165) is 13.1 Å². The van der Waals surface area contributed by atoms with E-state index in [9.17, 15) is 10.1 Å². The number of rotatable bonds is 5. The van der Waals surface area contributed by atoms with E-state index in [2.05, 4.69) is 4.90 Å². The van der Waals surface area contributed by atoms with Gasteiger partial charge in [0.05, 0.1) is 28.2 Å². The van der Waals surface area contributed by atoms with Crippen molar-refractivity contribution >= 4 is 28.9 Å². The highest BCUT2D eigenvalue weighted by Crippen LogP contribution is 2.35. The van der Waals surface area contributed by atoms with Gasteiger partial charge in [-0.25, -0.2) is 0 Å². The Balaban J connectivity index is 1.97. The second kappa shape index (κ2) is 7.08. The monoisotopic (exact) mass is 320 g/mol. The van der Waals surface area contributed by atoms with Gasteiger partial charge in [0.1, 0.15) is 6.61 Å². The standard InChI is InChI=1S/C12H14Cl2N2O4/c13-9-7-11(16(17)18)12(8-10(9)14)20-6-3-15-1-4-19-5-2-15/h7-8H,1-6H2. The van der Waals surface area contributed by atoms with Crippen molar-refractivity contribution in [2.75, 3.05) is 39.5 Å². The molecule has 0 radical (unpaired) electrons. The first-order chi connectivity index (χ1) is 9.58. The summed E-state index contributed by atoms with van der Waals surface area (Å²) in [6.45, 7) is 4.11. The maximum absolute atomic E-state index is 10.9. The zero-order chi connectivity index (χ0) is 14.5. The number of hydrogen-bond acceptors (Lipinski definition) is 5. The second-order valence-corrected chi connectivity index (χ2v) is 5.11. The lowest BCUT2D eigenvalue weighted by Crippen LogP contribution is -2.38. The van der Waals surface area contributed by atoms with Crippen molar-refractivity contribution in [3.63, 3.8) is 0 Å². The number of halogens is 2. The molecule has 1 aliphatic heterocycles. The molecule has 0 spiro atoms. The van der Waals surface area contributed by atoms with E-state index in [0.29, 0.717) is 26.4 Å². The molecule has 1 heterocycles. The minimum atomic E-state index is -0.535. The van der Waals surface area contributed by atoms with E-state index in [-0.39, 0.29) is 21.5 Å². The number of nitro benzene ring substituents is 1. The molecule has 0 saturated carbocycles. The topological polar surface area (TPSA) is 64.8 Å². The smallest absolute Gasteiger partial charge is 0.312 e. The quantitative estimate of drug-likeness (QED) is 0.616. The Kier molecular flexibility index (Phi) is 5.42. The average Bonchev–Trinajstić information content (AvgIpc) is 2.43. The fourth-order valence-electron chi connectivity index (χ4n) is 1.89. The van der Waals surface area contributed by atoms with Gasteiger partial charge in [0.25, 0.3) is 0 Å². The third-order valence-corrected chi connectivity index (χ3v) is 3.69. The maximum atomic E-state index is 10.9. The minimum Gasteiger partial charge on any atom is -0.485 e. The molecule has 0 amide bonds. The van der Waals surface area contributed by atoms with Crippen LogP contribution in [0.4, 0.5) is 5.69 Å². The highest BCUT2D eigenvalue weighted by molar-refractivity contribution is 6.42. The Morgan fingerprint density at radius 1 is 1.30 bits per heavy atom. The Labute approximate surface area is 126 Å². The molecule has 0 unspecified atom stereocenters. The van der Waals surface area contributed by atoms with Crippen LogP contribution < -0.4 is 4.74 Å². The lowest BCUT2D eigenvalue weighted by atomic mass is 10.3. The minimum absolute atomic E-state index is 0.137. The number of nitro groups is 1. The molecule has 1 fully saturated rings. The molecule has 0 atom stereocenters. The van der Waals surface area contributed by atoms with Gasteiger partial charge in [-0.15, -0.1) is 0 Å². The van der Waals surface area contributed by atoms with E-state index in [1.807, 2.05) is 0 Å². The van der Waals surface area contributed by atoms with Crippen molar-refractivity contribution in [3.05, 3.63) is 32.3 Å². The van der Waals surface area contributed by atoms with E-state index in [1.54, 1.807) is 0 Å². The summed E-state index contributed by atoms with van der Waals surface area (Å²) in [5.74, 6) is 0.137. The molecule has 1 aromatic rings. The Morgan fingerprint density at radius 2 is 1.95 bits per heavy atom. The summed E-state index contributed by atoms with van der Waals surface area (Å²) in [7, 11) is 0. The van der Waals surface area contributed by atoms with Crippen molar-refractivity contribution < 1.29 is 14.4 Å². The Hall–Kier alpha value is -1.08. The average molecular weight is 321 g/mol. The molecule has 0 bridgehead atoms. The number of nitrogens with zero attached hydrogens (tertiary/aromatic N) is 2. The van der Waals surface area contributed by atoms with Gasteiger partial charge in [-0.3, -0.25) is 15.0 Å². The molecule has 20 heavy (non-hydrogen) atoms. The molecule has 1 aromatic carbocycles. The van der Waals surface area contributed by atoms with Gasteiger partial charge in [0.2, 0.25) is 0 Å². The molecular weight excluding hydrogens is 307 g/mol. The Morgan fingerprint density at radius 3 is 2.60 bits per heavy atom. The number of benzene rings is 1. The summed E-state index contributed by atoms with van der Waals surface area (Å²) >= 11 is 11.6. The molecule has 1 aliphatic rings. The zero-order valence-corrected chi connectivity index (χ0v) is 12.2. The van der Waals surface area contributed by atoms with E-state index >= 15 is 0 Å². The summed E-state index contributed by atoms with van der Waals surface area (Å²) in [6, 6.07) is 2.58. The maximum Gasteiger partial charge on any atom is 0.312 e. The molecule has 0 N–H and O–H groups in total. The number of morpholine rings is 1. The lowest BCUT2D eigenvalue weighted by Gasteiger charge is -2.26. The van der Waals surface area contributed by atoms with E-state index in [1.165, 1.54) is 12.1 Å². The predicted octanol–water partition coefficient (Wildman–Crippen LogP) is 2.61. The first-order valence-electron chi connectivity index (χ1n) is 6.14. The third kappa shape index (κ3) is 3.96. The molecule has 6 nitrogen and oxygen atoms in total. The molecule has 2 rings (SSSR count). The van der Waals surface area contributed by atoms with E-state index in [4.69, 9.17) is 32.7 Å². The van der Waals surface area contributed by atoms with Gasteiger partial charge in [0.15, 0.2) is 5.75 Å². The van der Waals surface area contributed by atoms with Crippen molar-refractivity contribution in [2.24, 2.45) is 0 Å². The van der Waals surface area contributed by atoms with Crippen LogP contribution in [0.2, 0.25) is 10.0 Å². The van der Waals surface area contributed by atoms with Crippen LogP contribution in [0.3, 0.4) is 0 Å². The SMILES string of the molecule is O=[N+]([O-])c1cc(Cl)c(Cl)cc1OCCN1CCOCC1. The summed E-state index contributed by atoms with van der Waals surface area (Å²) in [6.07, 6.45) is 0. The number of ether oxygens (including phenoxy) is 2. The van der Waals surface area contributed by atoms with Crippen molar-refractivity contribution in [2.45, 2.75) is 0 Å². The molecule has 8 heteroatoms. The van der Waals surface area contributed by atoms with Crippen LogP contribution in [0.5, 0.6) is 5.75 Å². The van der Waals surface area contributed by atoms with Gasteiger partial charge in [-0.1, -0.05) is 23.2 Å². The Bertz CT molecular complexity index is 493. The first kappa shape index (κ1) is 15.3. The van der Waals surface area contributed by atoms with Crippen LogP contribution in [0, 0.1) is 10.1 Å². The van der Waals surface area contributed by atoms with Gasteiger partial charge >= 0.3 is 5.69 Å². The summed E-state index contributed by atoms with van der Waals surface area (Å²) in [5.41, 5.74) is -0.179. The fourth-order valence-corrected chi connectivity index (χ4v) is 2.20. The second-order valence-electron chi connectivity index (χ2n) is 4.29. The molecule has 1 saturated heterocycles. The largest absolute Gasteiger partial charge is 0.485 e. The van der Waals surface area contributed by atoms with Gasteiger partial charge in [-0.2, -0.15) is 0 Å². The molecule has 110 valence electrons. The highest BCUT2D eigenvalue weighted by Gasteiger charge is 2.19. The van der Waals surface area contributed by atoms with Crippen LogP contribution in [-0.4, -0.2) is 49.3 Å². The highest BCUT2D eigenvalue weighted by atomic mass is 35.5. The van der Waals surface area contributed by atoms with Crippen LogP contribution in [0.15, 0.2) is 12.1 Å². The third-order valence-electron chi connectivity index (χ3n) is 2.97. The van der Waals surface area contributed by atoms with Gasteiger partial charge < -0.3 is 9.47 Å². The number of hydrogen-bond donors (Lipinski definition) is 0. The van der Waals surface area contributed by atoms with E-state index < -0.39 is 4.92 Å². The van der Waals surface area contributed by atoms with Crippen LogP contribution in [0.1, 0.15) is 0 Å².